The van der Waals surface area contributed by atoms with E-state index in [0.29, 0.717) is 35.5 Å². The van der Waals surface area contributed by atoms with Gasteiger partial charge < -0.3 is 19.5 Å². The number of nitrogens with zero attached hydrogens (tertiary/aromatic N) is 6. The van der Waals surface area contributed by atoms with E-state index < -0.39 is 17.6 Å². The van der Waals surface area contributed by atoms with Gasteiger partial charge in [0.25, 0.3) is 5.91 Å². The Hall–Kier alpha value is -4.52. The third kappa shape index (κ3) is 6.77. The molecule has 0 radical (unpaired) electrons. The summed E-state index contributed by atoms with van der Waals surface area (Å²) in [5.74, 6) is 0.209. The lowest BCUT2D eigenvalue weighted by atomic mass is 10.0. The van der Waals surface area contributed by atoms with Crippen LogP contribution in [0.2, 0.25) is 5.02 Å². The molecule has 0 saturated carbocycles. The molecule has 1 N–H and O–H groups in total. The highest BCUT2D eigenvalue weighted by Crippen LogP contribution is 2.36. The number of carbonyl (C=O) groups is 1. The minimum absolute atomic E-state index is 0.000674. The molecule has 4 heterocycles. The van der Waals surface area contributed by atoms with Gasteiger partial charge in [0.15, 0.2) is 5.82 Å². The van der Waals surface area contributed by atoms with Crippen LogP contribution in [0.15, 0.2) is 73.2 Å². The first-order chi connectivity index (χ1) is 21.5. The van der Waals surface area contributed by atoms with Crippen LogP contribution in [-0.4, -0.2) is 68.5 Å². The van der Waals surface area contributed by atoms with Gasteiger partial charge in [0.2, 0.25) is 5.88 Å². The van der Waals surface area contributed by atoms with Gasteiger partial charge in [-0.3, -0.25) is 14.7 Å². The molecular weight excluding hydrogens is 607 g/mol. The molecule has 1 aliphatic heterocycles. The van der Waals surface area contributed by atoms with E-state index in [1.54, 1.807) is 24.5 Å². The highest BCUT2D eigenvalue weighted by molar-refractivity contribution is 6.34. The van der Waals surface area contributed by atoms with Gasteiger partial charge in [0.1, 0.15) is 11.3 Å². The Morgan fingerprint density at radius 1 is 1.02 bits per heavy atom. The molecule has 1 aliphatic rings. The number of rotatable bonds is 7. The van der Waals surface area contributed by atoms with E-state index in [9.17, 15) is 18.0 Å². The Bertz CT molecular complexity index is 1860. The van der Waals surface area contributed by atoms with E-state index in [4.69, 9.17) is 16.3 Å². The fourth-order valence-electron chi connectivity index (χ4n) is 5.21. The molecule has 0 bridgehead atoms. The number of carbonyl (C=O) groups excluding carboxylic acids is 1. The van der Waals surface area contributed by atoms with Gasteiger partial charge in [-0.2, -0.15) is 18.2 Å². The number of hydrogen-bond acceptors (Lipinski definition) is 7. The molecule has 3 aromatic heterocycles. The Kier molecular flexibility index (Phi) is 8.45. The second kappa shape index (κ2) is 12.5. The van der Waals surface area contributed by atoms with E-state index in [-0.39, 0.29) is 40.0 Å². The van der Waals surface area contributed by atoms with Crippen LogP contribution in [-0.2, 0) is 19.8 Å². The van der Waals surface area contributed by atoms with E-state index in [1.165, 1.54) is 24.3 Å². The van der Waals surface area contributed by atoms with Crippen molar-refractivity contribution in [1.82, 2.24) is 29.3 Å². The molecule has 1 fully saturated rings. The zero-order valence-electron chi connectivity index (χ0n) is 24.5. The van der Waals surface area contributed by atoms with Crippen LogP contribution in [0.4, 0.5) is 18.9 Å². The van der Waals surface area contributed by atoms with Crippen LogP contribution >= 0.6 is 11.6 Å². The van der Waals surface area contributed by atoms with E-state index >= 15 is 0 Å². The topological polar surface area (TPSA) is 88.4 Å². The number of pyridine rings is 1. The maximum absolute atomic E-state index is 14.1. The lowest BCUT2D eigenvalue weighted by Gasteiger charge is -2.33. The number of ether oxygens (including phenoxy) is 1. The summed E-state index contributed by atoms with van der Waals surface area (Å²) in [6.07, 6.45) is 0.519. The van der Waals surface area contributed by atoms with Crippen LogP contribution < -0.4 is 10.1 Å². The SMILES string of the molecule is CN1CCN(Cc2ccc(NC(=O)c3cc(Oc4nc(-c5cccnc5)nc5ccn(C)c45)ccc3Cl)cc2C(F)(F)F)CC1. The first kappa shape index (κ1) is 30.5. The average molecular weight is 636 g/mol. The number of hydrogen-bond donors (Lipinski definition) is 1. The van der Waals surface area contributed by atoms with Crippen molar-refractivity contribution in [2.45, 2.75) is 12.7 Å². The number of likely N-dealkylation sites (N-methyl/N-ethyl adjacent to an activating group) is 1. The number of fused-ring (bicyclic) bond motifs is 1. The summed E-state index contributed by atoms with van der Waals surface area (Å²) >= 11 is 6.37. The Morgan fingerprint density at radius 2 is 1.82 bits per heavy atom. The zero-order valence-corrected chi connectivity index (χ0v) is 25.2. The van der Waals surface area contributed by atoms with Crippen LogP contribution in [0.25, 0.3) is 22.4 Å². The summed E-state index contributed by atoms with van der Waals surface area (Å²) in [5.41, 5.74) is 1.35. The smallest absolute Gasteiger partial charge is 0.416 e. The van der Waals surface area contributed by atoms with Gasteiger partial charge in [0.05, 0.1) is 21.7 Å². The minimum Gasteiger partial charge on any atom is -0.437 e. The minimum atomic E-state index is -4.59. The summed E-state index contributed by atoms with van der Waals surface area (Å²) < 4.78 is 50.2. The molecule has 1 saturated heterocycles. The Labute approximate surface area is 262 Å². The van der Waals surface area contributed by atoms with Gasteiger partial charge in [-0.15, -0.1) is 0 Å². The molecule has 1 amide bonds. The maximum atomic E-state index is 14.1. The van der Waals surface area contributed by atoms with E-state index in [1.807, 2.05) is 41.9 Å². The lowest BCUT2D eigenvalue weighted by Crippen LogP contribution is -2.44. The number of nitrogens with one attached hydrogen (secondary N) is 1. The molecule has 0 atom stereocenters. The maximum Gasteiger partial charge on any atom is 0.416 e. The fourth-order valence-corrected chi connectivity index (χ4v) is 5.41. The van der Waals surface area contributed by atoms with Crippen molar-refractivity contribution >= 4 is 34.2 Å². The van der Waals surface area contributed by atoms with Crippen molar-refractivity contribution in [2.75, 3.05) is 38.5 Å². The van der Waals surface area contributed by atoms with Crippen molar-refractivity contribution in [2.24, 2.45) is 7.05 Å². The van der Waals surface area contributed by atoms with Gasteiger partial charge in [-0.1, -0.05) is 17.7 Å². The summed E-state index contributed by atoms with van der Waals surface area (Å²) in [6.45, 7) is 3.11. The molecule has 45 heavy (non-hydrogen) atoms. The molecule has 2 aromatic carbocycles. The van der Waals surface area contributed by atoms with E-state index in [0.717, 1.165) is 19.2 Å². The average Bonchev–Trinajstić information content (AvgIpc) is 3.40. The van der Waals surface area contributed by atoms with E-state index in [2.05, 4.69) is 25.2 Å². The summed E-state index contributed by atoms with van der Waals surface area (Å²) in [5, 5.41) is 2.67. The highest BCUT2D eigenvalue weighted by Gasteiger charge is 2.34. The second-order valence-corrected chi connectivity index (χ2v) is 11.3. The highest BCUT2D eigenvalue weighted by atomic mass is 35.5. The first-order valence-corrected chi connectivity index (χ1v) is 14.6. The monoisotopic (exact) mass is 635 g/mol. The first-order valence-electron chi connectivity index (χ1n) is 14.2. The summed E-state index contributed by atoms with van der Waals surface area (Å²) in [7, 11) is 3.82. The molecule has 0 aliphatic carbocycles. The molecule has 9 nitrogen and oxygen atoms in total. The summed E-state index contributed by atoms with van der Waals surface area (Å²) in [4.78, 5) is 30.8. The van der Waals surface area contributed by atoms with Crippen molar-refractivity contribution < 1.29 is 22.7 Å². The molecule has 232 valence electrons. The number of benzene rings is 2. The third-order valence-electron chi connectivity index (χ3n) is 7.67. The van der Waals surface area contributed by atoms with Gasteiger partial charge in [-0.05, 0) is 61.1 Å². The fraction of sp³-hybridized carbons (Fsp3) is 0.250. The molecule has 6 rings (SSSR count). The number of alkyl halides is 3. The van der Waals surface area contributed by atoms with Gasteiger partial charge in [-0.25, -0.2) is 4.98 Å². The van der Waals surface area contributed by atoms with Crippen LogP contribution in [0.5, 0.6) is 11.6 Å². The largest absolute Gasteiger partial charge is 0.437 e. The predicted molar refractivity (Wildman–Crippen MR) is 165 cm³/mol. The molecule has 0 spiro atoms. The zero-order chi connectivity index (χ0) is 31.7. The van der Waals surface area contributed by atoms with Crippen LogP contribution in [0.1, 0.15) is 21.5 Å². The standard InChI is InChI=1S/C32H29ClF3N7O2/c1-41-12-14-43(15-13-41)19-21-5-6-22(16-25(21)32(34,35)36)38-30(44)24-17-23(7-8-26(24)33)45-31-28-27(9-11-42(28)2)39-29(40-31)20-4-3-10-37-18-20/h3-11,16-18H,12-15,19H2,1-2H3,(H,38,44). The van der Waals surface area contributed by atoms with Crippen LogP contribution in [0, 0.1) is 0 Å². The molecular formula is C32H29ClF3N7O2. The number of amides is 1. The van der Waals surface area contributed by atoms with Crippen molar-refractivity contribution in [3.63, 3.8) is 0 Å². The molecule has 0 unspecified atom stereocenters. The van der Waals surface area contributed by atoms with Gasteiger partial charge >= 0.3 is 6.18 Å². The number of piperazine rings is 1. The number of aryl methyl sites for hydroxylation is 1. The number of halogens is 4. The number of aromatic nitrogens is 4. The van der Waals surface area contributed by atoms with Crippen molar-refractivity contribution in [3.8, 4) is 23.0 Å². The van der Waals surface area contributed by atoms with Crippen LogP contribution in [0.3, 0.4) is 0 Å². The summed E-state index contributed by atoms with van der Waals surface area (Å²) in [6, 6.07) is 13.8. The quantitative estimate of drug-likeness (QED) is 0.219. The molecule has 5 aromatic rings. The van der Waals surface area contributed by atoms with Crippen molar-refractivity contribution in [3.05, 3.63) is 94.9 Å². The lowest BCUT2D eigenvalue weighted by molar-refractivity contribution is -0.138. The third-order valence-corrected chi connectivity index (χ3v) is 8.00. The molecule has 13 heteroatoms. The Morgan fingerprint density at radius 3 is 2.56 bits per heavy atom. The van der Waals surface area contributed by atoms with Crippen molar-refractivity contribution in [1.29, 1.82) is 0 Å². The second-order valence-electron chi connectivity index (χ2n) is 10.9. The predicted octanol–water partition coefficient (Wildman–Crippen LogP) is 6.49. The number of anilines is 1. The normalized spacial score (nSPS) is 14.5. The Balaban J connectivity index is 1.25. The van der Waals surface area contributed by atoms with Gasteiger partial charge in [0, 0.05) is 69.6 Å².